The quantitative estimate of drug-likeness (QED) is 0.443. The molecule has 1 rings (SSSR count). The number of aliphatic carboxylic acids is 1. The molecule has 0 aliphatic carbocycles. The van der Waals surface area contributed by atoms with Crippen LogP contribution in [0, 0.1) is 0 Å². The second-order valence-electron chi connectivity index (χ2n) is 1.80. The maximum absolute atomic E-state index is 10.2. The normalized spacial score (nSPS) is 18.0. The lowest BCUT2D eigenvalue weighted by Crippen LogP contribution is -2.33. The third-order valence-electron chi connectivity index (χ3n) is 1.14. The predicted molar refractivity (Wildman–Crippen MR) is 31.5 cm³/mol. The Morgan fingerprint density at radius 1 is 1.78 bits per heavy atom. The summed E-state index contributed by atoms with van der Waals surface area (Å²) in [5.41, 5.74) is 5.83. The van der Waals surface area contributed by atoms with E-state index in [1.54, 1.807) is 0 Å². The van der Waals surface area contributed by atoms with Gasteiger partial charge in [0.05, 0.1) is 5.57 Å². The summed E-state index contributed by atoms with van der Waals surface area (Å²) < 4.78 is 0. The van der Waals surface area contributed by atoms with E-state index in [-0.39, 0.29) is 0 Å². The van der Waals surface area contributed by atoms with E-state index < -0.39 is 5.97 Å². The lowest BCUT2D eigenvalue weighted by atomic mass is 10.2. The van der Waals surface area contributed by atoms with Gasteiger partial charge in [-0.25, -0.2) is 10.2 Å². The van der Waals surface area contributed by atoms with Crippen molar-refractivity contribution >= 4 is 5.97 Å². The molecule has 0 bridgehead atoms. The Hall–Kier alpha value is -1.03. The maximum atomic E-state index is 10.2. The van der Waals surface area contributed by atoms with Gasteiger partial charge >= 0.3 is 5.97 Å². The predicted octanol–water partition coefficient (Wildman–Crippen LogP) is -0.547. The zero-order valence-electron chi connectivity index (χ0n) is 4.85. The molecule has 0 saturated heterocycles. The van der Waals surface area contributed by atoms with Crippen LogP contribution in [-0.4, -0.2) is 17.6 Å². The van der Waals surface area contributed by atoms with Crippen LogP contribution in [0.3, 0.4) is 0 Å². The highest BCUT2D eigenvalue weighted by Crippen LogP contribution is 2.00. The fourth-order valence-electron chi connectivity index (χ4n) is 0.648. The monoisotopic (exact) mass is 128 g/mol. The van der Waals surface area contributed by atoms with Crippen LogP contribution in [0.4, 0.5) is 0 Å². The SMILES string of the molecule is O=C(O)C1=CNNCC1. The lowest BCUT2D eigenvalue weighted by Gasteiger charge is -2.11. The number of rotatable bonds is 1. The van der Waals surface area contributed by atoms with Crippen LogP contribution in [-0.2, 0) is 4.79 Å². The van der Waals surface area contributed by atoms with Crippen molar-refractivity contribution in [2.45, 2.75) is 6.42 Å². The number of hydrogen-bond acceptors (Lipinski definition) is 3. The molecule has 4 nitrogen and oxygen atoms in total. The van der Waals surface area contributed by atoms with Crippen LogP contribution in [0.5, 0.6) is 0 Å². The van der Waals surface area contributed by atoms with Gasteiger partial charge in [-0.05, 0) is 6.42 Å². The fraction of sp³-hybridized carbons (Fsp3) is 0.400. The molecule has 0 amide bonds. The molecule has 0 atom stereocenters. The van der Waals surface area contributed by atoms with Gasteiger partial charge in [0.1, 0.15) is 0 Å². The molecule has 0 aromatic carbocycles. The van der Waals surface area contributed by atoms with Crippen molar-refractivity contribution in [2.24, 2.45) is 0 Å². The number of carboxylic acid groups (broad SMARTS) is 1. The molecule has 1 aliphatic rings. The first kappa shape index (κ1) is 6.10. The Morgan fingerprint density at radius 3 is 2.89 bits per heavy atom. The number of carbonyl (C=O) groups is 1. The van der Waals surface area contributed by atoms with Crippen molar-refractivity contribution < 1.29 is 9.90 Å². The lowest BCUT2D eigenvalue weighted by molar-refractivity contribution is -0.132. The summed E-state index contributed by atoms with van der Waals surface area (Å²) in [6.45, 7) is 0.679. The largest absolute Gasteiger partial charge is 0.478 e. The summed E-state index contributed by atoms with van der Waals surface area (Å²) in [7, 11) is 0. The summed E-state index contributed by atoms with van der Waals surface area (Å²) in [6.07, 6.45) is 2.05. The average Bonchev–Trinajstić information content (AvgIpc) is 1.90. The first-order valence-corrected chi connectivity index (χ1v) is 2.71. The smallest absolute Gasteiger partial charge is 0.333 e. The van der Waals surface area contributed by atoms with Crippen LogP contribution < -0.4 is 10.9 Å². The number of hydrazine groups is 1. The Morgan fingerprint density at radius 2 is 2.56 bits per heavy atom. The van der Waals surface area contributed by atoms with Crippen molar-refractivity contribution in [1.29, 1.82) is 0 Å². The summed E-state index contributed by atoms with van der Waals surface area (Å²) in [5.74, 6) is -0.844. The van der Waals surface area contributed by atoms with Crippen LogP contribution in [0.2, 0.25) is 0 Å². The molecule has 0 saturated carbocycles. The Bertz CT molecular complexity index is 153. The summed E-state index contributed by atoms with van der Waals surface area (Å²) in [6, 6.07) is 0. The van der Waals surface area contributed by atoms with E-state index in [0.717, 1.165) is 0 Å². The zero-order valence-corrected chi connectivity index (χ0v) is 4.85. The minimum atomic E-state index is -0.844. The van der Waals surface area contributed by atoms with Crippen molar-refractivity contribution in [3.63, 3.8) is 0 Å². The minimum absolute atomic E-state index is 0.425. The molecule has 0 fully saturated rings. The van der Waals surface area contributed by atoms with E-state index >= 15 is 0 Å². The highest BCUT2D eigenvalue weighted by molar-refractivity contribution is 5.86. The fourth-order valence-corrected chi connectivity index (χ4v) is 0.648. The average molecular weight is 128 g/mol. The Balaban J connectivity index is 2.57. The van der Waals surface area contributed by atoms with Crippen LogP contribution in [0.15, 0.2) is 11.8 Å². The second-order valence-corrected chi connectivity index (χ2v) is 1.80. The molecule has 1 heterocycles. The standard InChI is InChI=1S/C5H8N2O2/c8-5(9)4-1-2-6-7-3-4/h3,6-7H,1-2H2,(H,8,9). The van der Waals surface area contributed by atoms with Crippen molar-refractivity contribution in [3.8, 4) is 0 Å². The highest BCUT2D eigenvalue weighted by atomic mass is 16.4. The van der Waals surface area contributed by atoms with Gasteiger partial charge in [0.15, 0.2) is 0 Å². The maximum Gasteiger partial charge on any atom is 0.333 e. The Labute approximate surface area is 52.5 Å². The van der Waals surface area contributed by atoms with Crippen molar-refractivity contribution in [3.05, 3.63) is 11.8 Å². The van der Waals surface area contributed by atoms with E-state index in [1.165, 1.54) is 6.20 Å². The second kappa shape index (κ2) is 2.50. The van der Waals surface area contributed by atoms with Gasteiger partial charge in [0.2, 0.25) is 0 Å². The molecule has 0 radical (unpaired) electrons. The van der Waals surface area contributed by atoms with Crippen LogP contribution >= 0.6 is 0 Å². The molecule has 50 valence electrons. The van der Waals surface area contributed by atoms with E-state index in [2.05, 4.69) is 10.9 Å². The third kappa shape index (κ3) is 1.43. The molecule has 1 aliphatic heterocycles. The van der Waals surface area contributed by atoms with Gasteiger partial charge in [-0.2, -0.15) is 0 Å². The van der Waals surface area contributed by atoms with Crippen molar-refractivity contribution in [1.82, 2.24) is 10.9 Å². The molecule has 3 N–H and O–H groups in total. The van der Waals surface area contributed by atoms with E-state index in [0.29, 0.717) is 18.5 Å². The van der Waals surface area contributed by atoms with E-state index in [4.69, 9.17) is 5.11 Å². The van der Waals surface area contributed by atoms with Gasteiger partial charge in [0, 0.05) is 12.7 Å². The van der Waals surface area contributed by atoms with Crippen molar-refractivity contribution in [2.75, 3.05) is 6.54 Å². The number of nitrogens with one attached hydrogen (secondary N) is 2. The van der Waals surface area contributed by atoms with Crippen LogP contribution in [0.1, 0.15) is 6.42 Å². The Kier molecular flexibility index (Phi) is 1.69. The molecule has 0 unspecified atom stereocenters. The molecule has 4 heteroatoms. The minimum Gasteiger partial charge on any atom is -0.478 e. The molecule has 9 heavy (non-hydrogen) atoms. The highest BCUT2D eigenvalue weighted by Gasteiger charge is 2.08. The van der Waals surface area contributed by atoms with E-state index in [1.807, 2.05) is 0 Å². The molecule has 0 aromatic rings. The first-order valence-electron chi connectivity index (χ1n) is 2.71. The topological polar surface area (TPSA) is 61.4 Å². The van der Waals surface area contributed by atoms with Gasteiger partial charge in [-0.1, -0.05) is 0 Å². The van der Waals surface area contributed by atoms with Gasteiger partial charge in [-0.3, -0.25) is 0 Å². The molecule has 0 aromatic heterocycles. The van der Waals surface area contributed by atoms with Gasteiger partial charge in [-0.15, -0.1) is 0 Å². The molecular formula is C5H8N2O2. The first-order chi connectivity index (χ1) is 4.30. The molecule has 0 spiro atoms. The number of carboxylic acids is 1. The van der Waals surface area contributed by atoms with E-state index in [9.17, 15) is 4.79 Å². The van der Waals surface area contributed by atoms with Gasteiger partial charge in [0.25, 0.3) is 0 Å². The van der Waals surface area contributed by atoms with Crippen LogP contribution in [0.25, 0.3) is 0 Å². The summed E-state index contributed by atoms with van der Waals surface area (Å²) >= 11 is 0. The summed E-state index contributed by atoms with van der Waals surface area (Å²) in [5, 5.41) is 8.40. The molecular weight excluding hydrogens is 120 g/mol. The third-order valence-corrected chi connectivity index (χ3v) is 1.14. The zero-order chi connectivity index (χ0) is 6.69. The summed E-state index contributed by atoms with van der Waals surface area (Å²) in [4.78, 5) is 10.2. The number of hydrogen-bond donors (Lipinski definition) is 3. The van der Waals surface area contributed by atoms with Gasteiger partial charge < -0.3 is 10.5 Å².